The number of alkyl halides is 2. The van der Waals surface area contributed by atoms with Gasteiger partial charge in [-0.25, -0.2) is 18.4 Å². The second-order valence-corrected chi connectivity index (χ2v) is 9.64. The summed E-state index contributed by atoms with van der Waals surface area (Å²) >= 11 is 0. The number of anilines is 1. The van der Waals surface area contributed by atoms with Crippen LogP contribution in [0, 0.1) is 0 Å². The molecule has 3 aliphatic rings. The number of para-hydroxylation sites is 1. The zero-order valence-electron chi connectivity index (χ0n) is 19.5. The Hall–Kier alpha value is -2.42. The van der Waals surface area contributed by atoms with Gasteiger partial charge in [0.05, 0.1) is 0 Å². The van der Waals surface area contributed by atoms with Gasteiger partial charge in [0.25, 0.3) is 6.43 Å². The van der Waals surface area contributed by atoms with E-state index in [1.165, 1.54) is 5.56 Å². The lowest BCUT2D eigenvalue weighted by Crippen LogP contribution is -2.50. The molecule has 1 aromatic carbocycles. The quantitative estimate of drug-likeness (QED) is 0.683. The summed E-state index contributed by atoms with van der Waals surface area (Å²) < 4.78 is 29.4. The largest absolute Gasteiger partial charge is 0.443 e. The van der Waals surface area contributed by atoms with Crippen LogP contribution in [0.3, 0.4) is 0 Å². The number of carbonyl (C=O) groups excluding carboxylic acids is 2. The van der Waals surface area contributed by atoms with E-state index in [1.807, 2.05) is 17.0 Å². The van der Waals surface area contributed by atoms with Crippen LogP contribution in [0.2, 0.25) is 0 Å². The normalized spacial score (nSPS) is 22.9. The minimum Gasteiger partial charge on any atom is -0.443 e. The molecule has 2 saturated heterocycles. The molecule has 1 spiro atoms. The summed E-state index contributed by atoms with van der Waals surface area (Å²) in [7, 11) is 3.58. The van der Waals surface area contributed by atoms with Crippen molar-refractivity contribution in [1.82, 2.24) is 14.7 Å². The Morgan fingerprint density at radius 1 is 1.12 bits per heavy atom. The summed E-state index contributed by atoms with van der Waals surface area (Å²) in [6.07, 6.45) is 1.33. The van der Waals surface area contributed by atoms with Gasteiger partial charge in [-0.15, -0.1) is 0 Å². The minimum atomic E-state index is -2.64. The van der Waals surface area contributed by atoms with E-state index in [9.17, 15) is 18.4 Å². The van der Waals surface area contributed by atoms with Crippen molar-refractivity contribution in [3.05, 3.63) is 29.8 Å². The molecular weight excluding hydrogens is 430 g/mol. The Bertz CT molecular complexity index is 858. The molecule has 182 valence electrons. The van der Waals surface area contributed by atoms with E-state index in [4.69, 9.17) is 4.74 Å². The highest BCUT2D eigenvalue weighted by atomic mass is 19.3. The second-order valence-electron chi connectivity index (χ2n) is 9.64. The zero-order valence-corrected chi connectivity index (χ0v) is 19.5. The van der Waals surface area contributed by atoms with Gasteiger partial charge in [0.15, 0.2) is 6.61 Å². The predicted molar refractivity (Wildman–Crippen MR) is 122 cm³/mol. The van der Waals surface area contributed by atoms with Crippen LogP contribution >= 0.6 is 0 Å². The molecule has 0 N–H and O–H groups in total. The van der Waals surface area contributed by atoms with Gasteiger partial charge in [-0.05, 0) is 56.8 Å². The van der Waals surface area contributed by atoms with Crippen LogP contribution in [0.1, 0.15) is 37.7 Å². The Kier molecular flexibility index (Phi) is 7.07. The SMILES string of the molecule is CN(C)C(=O)N1CC2(CCN(C3CCCN(C(=O)OCC(F)F)CC3)CC2)c2ccccc21. The van der Waals surface area contributed by atoms with Gasteiger partial charge >= 0.3 is 12.1 Å². The van der Waals surface area contributed by atoms with E-state index >= 15 is 0 Å². The van der Waals surface area contributed by atoms with Crippen molar-refractivity contribution in [1.29, 1.82) is 0 Å². The smallest absolute Gasteiger partial charge is 0.409 e. The fraction of sp³-hybridized carbons (Fsp3) is 0.667. The number of rotatable bonds is 3. The summed E-state index contributed by atoms with van der Waals surface area (Å²) in [5.74, 6) is 0. The molecule has 1 atom stereocenters. The Morgan fingerprint density at radius 2 is 1.85 bits per heavy atom. The molecule has 1 unspecified atom stereocenters. The van der Waals surface area contributed by atoms with Gasteiger partial charge < -0.3 is 19.4 Å². The average molecular weight is 465 g/mol. The minimum absolute atomic E-state index is 0.0179. The van der Waals surface area contributed by atoms with Crippen LogP contribution in [0.15, 0.2) is 24.3 Å². The van der Waals surface area contributed by atoms with Crippen molar-refractivity contribution in [2.24, 2.45) is 0 Å². The number of amides is 3. The molecule has 0 aliphatic carbocycles. The molecule has 9 heteroatoms. The third-order valence-corrected chi connectivity index (χ3v) is 7.40. The third-order valence-electron chi connectivity index (χ3n) is 7.40. The average Bonchev–Trinajstić information content (AvgIpc) is 2.95. The molecule has 3 aliphatic heterocycles. The van der Waals surface area contributed by atoms with Crippen LogP contribution < -0.4 is 4.90 Å². The highest BCUT2D eigenvalue weighted by Crippen LogP contribution is 2.47. The van der Waals surface area contributed by atoms with Crippen molar-refractivity contribution >= 4 is 17.8 Å². The maximum Gasteiger partial charge on any atom is 0.409 e. The molecule has 0 aromatic heterocycles. The fourth-order valence-electron chi connectivity index (χ4n) is 5.64. The van der Waals surface area contributed by atoms with Crippen molar-refractivity contribution in [3.8, 4) is 0 Å². The first-order valence-electron chi connectivity index (χ1n) is 11.8. The van der Waals surface area contributed by atoms with E-state index in [0.29, 0.717) is 25.7 Å². The van der Waals surface area contributed by atoms with Crippen LogP contribution in [0.4, 0.5) is 24.1 Å². The number of fused-ring (bicyclic) bond motifs is 2. The number of hydrogen-bond donors (Lipinski definition) is 0. The van der Waals surface area contributed by atoms with Crippen molar-refractivity contribution in [2.75, 3.05) is 58.3 Å². The summed E-state index contributed by atoms with van der Waals surface area (Å²) in [4.78, 5) is 32.5. The standard InChI is InChI=1S/C24H34F2N4O3/c1-27(2)22(31)30-17-24(19-7-3-4-8-20(19)30)10-14-28(15-11-24)18-6-5-12-29(13-9-18)23(32)33-16-21(25)26/h3-4,7-8,18,21H,5-6,9-17H2,1-2H3. The first-order chi connectivity index (χ1) is 15.8. The molecule has 1 aromatic rings. The maximum absolute atomic E-state index is 12.8. The van der Waals surface area contributed by atoms with Gasteiger partial charge in [0.2, 0.25) is 0 Å². The number of ether oxygens (including phenoxy) is 1. The molecule has 33 heavy (non-hydrogen) atoms. The maximum atomic E-state index is 12.8. The highest BCUT2D eigenvalue weighted by Gasteiger charge is 2.47. The van der Waals surface area contributed by atoms with Crippen LogP contribution in [-0.4, -0.2) is 92.7 Å². The first kappa shape index (κ1) is 23.7. The molecule has 0 radical (unpaired) electrons. The zero-order chi connectivity index (χ0) is 23.6. The molecule has 0 saturated carbocycles. The van der Waals surface area contributed by atoms with Crippen LogP contribution in [0.25, 0.3) is 0 Å². The number of piperidine rings is 1. The molecule has 0 bridgehead atoms. The molecule has 4 rings (SSSR count). The second kappa shape index (κ2) is 9.83. The number of halogens is 2. The Labute approximate surface area is 194 Å². The first-order valence-corrected chi connectivity index (χ1v) is 11.8. The van der Waals surface area contributed by atoms with Gasteiger partial charge in [0.1, 0.15) is 0 Å². The fourth-order valence-corrected chi connectivity index (χ4v) is 5.64. The van der Waals surface area contributed by atoms with Crippen molar-refractivity contribution < 1.29 is 23.1 Å². The Morgan fingerprint density at radius 3 is 2.55 bits per heavy atom. The van der Waals surface area contributed by atoms with E-state index in [0.717, 1.165) is 50.9 Å². The summed E-state index contributed by atoms with van der Waals surface area (Å²) in [6.45, 7) is 2.83. The molecule has 2 fully saturated rings. The van der Waals surface area contributed by atoms with E-state index in [2.05, 4.69) is 17.0 Å². The molecular formula is C24H34F2N4O3. The number of carbonyl (C=O) groups is 2. The lowest BCUT2D eigenvalue weighted by atomic mass is 9.74. The van der Waals surface area contributed by atoms with Crippen LogP contribution in [-0.2, 0) is 10.2 Å². The van der Waals surface area contributed by atoms with E-state index in [1.54, 1.807) is 23.9 Å². The number of benzene rings is 1. The predicted octanol–water partition coefficient (Wildman–Crippen LogP) is 3.78. The van der Waals surface area contributed by atoms with Crippen molar-refractivity contribution in [3.63, 3.8) is 0 Å². The van der Waals surface area contributed by atoms with Gasteiger partial charge in [-0.2, -0.15) is 0 Å². The van der Waals surface area contributed by atoms with Crippen molar-refractivity contribution in [2.45, 2.75) is 50.0 Å². The number of hydrogen-bond acceptors (Lipinski definition) is 4. The summed E-state index contributed by atoms with van der Waals surface area (Å²) in [6, 6.07) is 8.65. The highest BCUT2D eigenvalue weighted by molar-refractivity contribution is 5.95. The topological polar surface area (TPSA) is 56.3 Å². The van der Waals surface area contributed by atoms with Gasteiger partial charge in [-0.3, -0.25) is 4.90 Å². The number of nitrogens with zero attached hydrogens (tertiary/aromatic N) is 4. The van der Waals surface area contributed by atoms with Gasteiger partial charge in [0, 0.05) is 50.9 Å². The molecule has 3 amide bonds. The van der Waals surface area contributed by atoms with Crippen LogP contribution in [0.5, 0.6) is 0 Å². The lowest BCUT2D eigenvalue weighted by molar-refractivity contribution is 0.0318. The van der Waals surface area contributed by atoms with E-state index in [-0.39, 0.29) is 11.4 Å². The Balaban J connectivity index is 1.37. The van der Waals surface area contributed by atoms with Gasteiger partial charge in [-0.1, -0.05) is 18.2 Å². The monoisotopic (exact) mass is 464 g/mol. The lowest BCUT2D eigenvalue weighted by Gasteiger charge is -2.43. The number of urea groups is 1. The summed E-state index contributed by atoms with van der Waals surface area (Å²) in [5.41, 5.74) is 2.28. The van der Waals surface area contributed by atoms with E-state index < -0.39 is 19.1 Å². The number of likely N-dealkylation sites (tertiary alicyclic amines) is 2. The summed E-state index contributed by atoms with van der Waals surface area (Å²) in [5, 5.41) is 0. The third kappa shape index (κ3) is 4.93. The molecule has 7 nitrogen and oxygen atoms in total. The molecule has 3 heterocycles.